The molecule has 1 amide bonds. The van der Waals surface area contributed by atoms with E-state index in [1.807, 2.05) is 20.3 Å². The third-order valence-corrected chi connectivity index (χ3v) is 2.81. The second kappa shape index (κ2) is 7.87. The lowest BCUT2D eigenvalue weighted by atomic mass is 10.1. The summed E-state index contributed by atoms with van der Waals surface area (Å²) < 4.78 is 2.05. The molecule has 1 aromatic rings. The molecule has 1 radical (unpaired) electrons. The number of carbonyl (C=O) groups is 1. The topological polar surface area (TPSA) is 38.1 Å². The average Bonchev–Trinajstić information content (AvgIpc) is 2.80. The maximum atomic E-state index is 11.3. The van der Waals surface area contributed by atoms with Crippen LogP contribution in [-0.2, 0) is 11.3 Å². The van der Waals surface area contributed by atoms with Crippen LogP contribution < -0.4 is 0 Å². The van der Waals surface area contributed by atoms with Crippen LogP contribution >= 0.6 is 0 Å². The molecule has 0 aliphatic rings. The summed E-state index contributed by atoms with van der Waals surface area (Å²) in [6.07, 6.45) is 12.9. The fourth-order valence-electron chi connectivity index (χ4n) is 1.70. The van der Waals surface area contributed by atoms with E-state index in [9.17, 15) is 4.79 Å². The number of rotatable bonds is 8. The molecule has 0 saturated heterocycles. The molecule has 0 aromatic carbocycles. The molecule has 0 spiro atoms. The van der Waals surface area contributed by atoms with Gasteiger partial charge in [0.05, 0.1) is 6.33 Å². The Morgan fingerprint density at radius 1 is 1.24 bits per heavy atom. The average molecular weight is 236 g/mol. The summed E-state index contributed by atoms with van der Waals surface area (Å²) in [6, 6.07) is 0. The van der Waals surface area contributed by atoms with E-state index in [4.69, 9.17) is 0 Å². The lowest BCUT2D eigenvalue weighted by Crippen LogP contribution is -2.20. The minimum absolute atomic E-state index is 0.235. The molecular weight excluding hydrogens is 214 g/mol. The molecule has 0 saturated carbocycles. The number of aryl methyl sites for hydroxylation is 1. The molecule has 1 aromatic heterocycles. The number of hydrogen-bond donors (Lipinski definition) is 0. The number of nitrogens with zero attached hydrogens (tertiary/aromatic N) is 3. The Balaban J connectivity index is 1.89. The Bertz CT molecular complexity index is 306. The highest BCUT2D eigenvalue weighted by Gasteiger charge is 2.02. The Hall–Kier alpha value is -1.32. The van der Waals surface area contributed by atoms with Gasteiger partial charge in [-0.25, -0.2) is 4.98 Å². The van der Waals surface area contributed by atoms with Gasteiger partial charge in [-0.05, 0) is 12.8 Å². The highest BCUT2D eigenvalue weighted by atomic mass is 16.2. The summed E-state index contributed by atoms with van der Waals surface area (Å²) in [4.78, 5) is 16.8. The van der Waals surface area contributed by atoms with Gasteiger partial charge in [0.15, 0.2) is 0 Å². The SMILES string of the molecule is CN(C)C(=O)CCCCCCCn1c[c]nc1. The summed E-state index contributed by atoms with van der Waals surface area (Å²) in [7, 11) is 3.62. The van der Waals surface area contributed by atoms with E-state index in [1.54, 1.807) is 11.2 Å². The van der Waals surface area contributed by atoms with Gasteiger partial charge >= 0.3 is 0 Å². The summed E-state index contributed by atoms with van der Waals surface area (Å²) in [5.41, 5.74) is 0. The number of carbonyl (C=O) groups excluding carboxylic acids is 1. The Kier molecular flexibility index (Phi) is 6.37. The zero-order chi connectivity index (χ0) is 12.5. The molecule has 95 valence electrons. The minimum Gasteiger partial charge on any atom is -0.349 e. The van der Waals surface area contributed by atoms with Crippen LogP contribution in [0.5, 0.6) is 0 Å². The van der Waals surface area contributed by atoms with Crippen molar-refractivity contribution in [2.24, 2.45) is 0 Å². The van der Waals surface area contributed by atoms with E-state index in [2.05, 4.69) is 15.7 Å². The highest BCUT2D eigenvalue weighted by Crippen LogP contribution is 2.07. The summed E-state index contributed by atoms with van der Waals surface area (Å²) in [5.74, 6) is 0.235. The van der Waals surface area contributed by atoms with Crippen LogP contribution in [0, 0.1) is 6.20 Å². The molecule has 1 heterocycles. The summed E-state index contributed by atoms with van der Waals surface area (Å²) in [6.45, 7) is 1.02. The van der Waals surface area contributed by atoms with Crippen LogP contribution in [0.3, 0.4) is 0 Å². The van der Waals surface area contributed by atoms with Gasteiger partial charge in [0.2, 0.25) is 5.91 Å². The summed E-state index contributed by atoms with van der Waals surface area (Å²) >= 11 is 0. The van der Waals surface area contributed by atoms with Crippen LogP contribution in [0.2, 0.25) is 0 Å². The molecular formula is C13H22N3O. The fourth-order valence-corrected chi connectivity index (χ4v) is 1.70. The molecule has 17 heavy (non-hydrogen) atoms. The molecule has 0 N–H and O–H groups in total. The summed E-state index contributed by atoms with van der Waals surface area (Å²) in [5, 5.41) is 0. The van der Waals surface area contributed by atoms with Gasteiger partial charge in [0.1, 0.15) is 6.20 Å². The van der Waals surface area contributed by atoms with Crippen LogP contribution in [0.25, 0.3) is 0 Å². The lowest BCUT2D eigenvalue weighted by Gasteiger charge is -2.09. The van der Waals surface area contributed by atoms with Crippen molar-refractivity contribution in [2.75, 3.05) is 14.1 Å². The number of amides is 1. The second-order valence-electron chi connectivity index (χ2n) is 4.55. The first-order chi connectivity index (χ1) is 8.20. The van der Waals surface area contributed by atoms with Gasteiger partial charge in [0.25, 0.3) is 0 Å². The van der Waals surface area contributed by atoms with Crippen molar-refractivity contribution in [1.29, 1.82) is 0 Å². The van der Waals surface area contributed by atoms with Crippen molar-refractivity contribution >= 4 is 5.91 Å². The van der Waals surface area contributed by atoms with Crippen LogP contribution in [0.4, 0.5) is 0 Å². The second-order valence-corrected chi connectivity index (χ2v) is 4.55. The lowest BCUT2D eigenvalue weighted by molar-refractivity contribution is -0.128. The molecule has 0 unspecified atom stereocenters. The highest BCUT2D eigenvalue weighted by molar-refractivity contribution is 5.75. The normalized spacial score (nSPS) is 10.5. The van der Waals surface area contributed by atoms with Gasteiger partial charge < -0.3 is 9.47 Å². The van der Waals surface area contributed by atoms with Crippen LogP contribution in [0.1, 0.15) is 38.5 Å². The first kappa shape index (κ1) is 13.7. The molecule has 0 atom stereocenters. The van der Waals surface area contributed by atoms with Crippen LogP contribution in [0.15, 0.2) is 12.5 Å². The Morgan fingerprint density at radius 2 is 1.94 bits per heavy atom. The van der Waals surface area contributed by atoms with E-state index >= 15 is 0 Å². The number of imidazole rings is 1. The third kappa shape index (κ3) is 6.09. The molecule has 0 bridgehead atoms. The predicted molar refractivity (Wildman–Crippen MR) is 67.5 cm³/mol. The first-order valence-electron chi connectivity index (χ1n) is 6.28. The van der Waals surface area contributed by atoms with Crippen molar-refractivity contribution < 1.29 is 4.79 Å². The van der Waals surface area contributed by atoms with Crippen molar-refractivity contribution in [1.82, 2.24) is 14.5 Å². The van der Waals surface area contributed by atoms with Gasteiger partial charge in [-0.3, -0.25) is 4.79 Å². The maximum Gasteiger partial charge on any atom is 0.222 e. The van der Waals surface area contributed by atoms with Gasteiger partial charge in [0, 0.05) is 33.3 Å². The van der Waals surface area contributed by atoms with Crippen molar-refractivity contribution in [2.45, 2.75) is 45.1 Å². The molecule has 4 heteroatoms. The van der Waals surface area contributed by atoms with E-state index in [0.29, 0.717) is 6.42 Å². The number of hydrogen-bond acceptors (Lipinski definition) is 2. The largest absolute Gasteiger partial charge is 0.349 e. The Morgan fingerprint density at radius 3 is 2.59 bits per heavy atom. The van der Waals surface area contributed by atoms with E-state index in [0.717, 1.165) is 19.4 Å². The smallest absolute Gasteiger partial charge is 0.222 e. The molecule has 0 fully saturated rings. The van der Waals surface area contributed by atoms with E-state index in [-0.39, 0.29) is 5.91 Å². The number of aromatic nitrogens is 2. The standard InChI is InChI=1S/C13H22N3O/c1-15(2)13(17)8-6-4-3-5-7-10-16-11-9-14-12-16/h11-12H,3-8,10H2,1-2H3. The van der Waals surface area contributed by atoms with Crippen molar-refractivity contribution in [3.8, 4) is 0 Å². The first-order valence-corrected chi connectivity index (χ1v) is 6.28. The maximum absolute atomic E-state index is 11.3. The van der Waals surface area contributed by atoms with E-state index in [1.165, 1.54) is 19.3 Å². The zero-order valence-electron chi connectivity index (χ0n) is 10.9. The van der Waals surface area contributed by atoms with E-state index < -0.39 is 0 Å². The molecule has 1 rings (SSSR count). The third-order valence-electron chi connectivity index (χ3n) is 2.81. The fraction of sp³-hybridized carbons (Fsp3) is 0.692. The quantitative estimate of drug-likeness (QED) is 0.648. The molecule has 0 aliphatic carbocycles. The van der Waals surface area contributed by atoms with Crippen molar-refractivity contribution in [3.63, 3.8) is 0 Å². The minimum atomic E-state index is 0.235. The van der Waals surface area contributed by atoms with Crippen LogP contribution in [-0.4, -0.2) is 34.5 Å². The van der Waals surface area contributed by atoms with Crippen molar-refractivity contribution in [3.05, 3.63) is 18.7 Å². The zero-order valence-corrected chi connectivity index (χ0v) is 10.9. The van der Waals surface area contributed by atoms with Gasteiger partial charge in [-0.1, -0.05) is 19.3 Å². The van der Waals surface area contributed by atoms with Gasteiger partial charge in [-0.15, -0.1) is 0 Å². The number of unbranched alkanes of at least 4 members (excludes halogenated alkanes) is 4. The monoisotopic (exact) mass is 236 g/mol. The predicted octanol–water partition coefficient (Wildman–Crippen LogP) is 2.11. The molecule has 4 nitrogen and oxygen atoms in total. The molecule has 0 aliphatic heterocycles. The Labute approximate surface area is 104 Å². The van der Waals surface area contributed by atoms with Gasteiger partial charge in [-0.2, -0.15) is 0 Å².